The van der Waals surface area contributed by atoms with E-state index < -0.39 is 0 Å². The average molecular weight is 312 g/mol. The standard InChI is InChI=1S/C13H14BrNOS/c14-12-3-1-2-10(6-12)13-4-5-16-8-11(13)7-15-9-17-13/h1-3,6,9,11H,4-5,7-8H2/t11?,13-/m1/s1. The van der Waals surface area contributed by atoms with Crippen molar-refractivity contribution in [2.75, 3.05) is 19.8 Å². The monoisotopic (exact) mass is 311 g/mol. The van der Waals surface area contributed by atoms with Gasteiger partial charge >= 0.3 is 0 Å². The Hall–Kier alpha value is -0.320. The lowest BCUT2D eigenvalue weighted by Gasteiger charge is -2.44. The van der Waals surface area contributed by atoms with Gasteiger partial charge in [0, 0.05) is 23.5 Å². The minimum Gasteiger partial charge on any atom is -0.381 e. The Balaban J connectivity index is 2.04. The zero-order chi connectivity index (χ0) is 11.7. The van der Waals surface area contributed by atoms with Crippen LogP contribution in [0, 0.1) is 5.92 Å². The Bertz CT molecular complexity index is 451. The summed E-state index contributed by atoms with van der Waals surface area (Å²) < 4.78 is 6.94. The van der Waals surface area contributed by atoms with E-state index in [1.54, 1.807) is 0 Å². The third-order valence-electron chi connectivity index (χ3n) is 3.57. The highest BCUT2D eigenvalue weighted by Gasteiger charge is 2.44. The van der Waals surface area contributed by atoms with Crippen molar-refractivity contribution >= 4 is 33.2 Å². The van der Waals surface area contributed by atoms with Crippen LogP contribution >= 0.6 is 27.7 Å². The topological polar surface area (TPSA) is 21.6 Å². The van der Waals surface area contributed by atoms with Crippen molar-refractivity contribution in [2.45, 2.75) is 11.2 Å². The lowest BCUT2D eigenvalue weighted by molar-refractivity contribution is 0.0329. The predicted molar refractivity (Wildman–Crippen MR) is 75.7 cm³/mol. The molecule has 0 bridgehead atoms. The molecule has 1 saturated heterocycles. The van der Waals surface area contributed by atoms with Gasteiger partial charge < -0.3 is 4.74 Å². The first kappa shape index (κ1) is 11.8. The maximum atomic E-state index is 5.62. The van der Waals surface area contributed by atoms with Crippen molar-refractivity contribution in [1.29, 1.82) is 0 Å². The van der Waals surface area contributed by atoms with Crippen molar-refractivity contribution in [2.24, 2.45) is 10.9 Å². The number of fused-ring (bicyclic) bond motifs is 1. The Morgan fingerprint density at radius 1 is 1.47 bits per heavy atom. The van der Waals surface area contributed by atoms with E-state index in [-0.39, 0.29) is 4.75 Å². The molecule has 2 aliphatic heterocycles. The first-order valence-electron chi connectivity index (χ1n) is 5.81. The van der Waals surface area contributed by atoms with Crippen molar-refractivity contribution in [1.82, 2.24) is 0 Å². The first-order valence-corrected chi connectivity index (χ1v) is 7.48. The third-order valence-corrected chi connectivity index (χ3v) is 5.51. The lowest BCUT2D eigenvalue weighted by Crippen LogP contribution is -2.43. The minimum atomic E-state index is 0.170. The Kier molecular flexibility index (Phi) is 3.28. The van der Waals surface area contributed by atoms with Crippen molar-refractivity contribution < 1.29 is 4.74 Å². The van der Waals surface area contributed by atoms with Crippen LogP contribution in [0.25, 0.3) is 0 Å². The van der Waals surface area contributed by atoms with E-state index in [4.69, 9.17) is 4.74 Å². The van der Waals surface area contributed by atoms with Crippen molar-refractivity contribution in [3.05, 3.63) is 34.3 Å². The summed E-state index contributed by atoms with van der Waals surface area (Å²) in [4.78, 5) is 4.40. The molecule has 0 N–H and O–H groups in total. The minimum absolute atomic E-state index is 0.170. The zero-order valence-corrected chi connectivity index (χ0v) is 11.8. The number of ether oxygens (including phenoxy) is 1. The number of benzene rings is 1. The van der Waals surface area contributed by atoms with E-state index in [0.29, 0.717) is 5.92 Å². The maximum Gasteiger partial charge on any atom is 0.0554 e. The molecule has 1 unspecified atom stereocenters. The zero-order valence-electron chi connectivity index (χ0n) is 9.43. The Labute approximate surface area is 114 Å². The summed E-state index contributed by atoms with van der Waals surface area (Å²) in [5.74, 6) is 0.501. The molecule has 2 atom stereocenters. The Morgan fingerprint density at radius 3 is 3.29 bits per heavy atom. The van der Waals surface area contributed by atoms with Crippen LogP contribution in [0.15, 0.2) is 33.7 Å². The summed E-state index contributed by atoms with van der Waals surface area (Å²) in [6, 6.07) is 8.67. The largest absolute Gasteiger partial charge is 0.381 e. The van der Waals surface area contributed by atoms with Gasteiger partial charge in [-0.15, -0.1) is 11.8 Å². The summed E-state index contributed by atoms with van der Waals surface area (Å²) >= 11 is 5.43. The molecule has 0 amide bonds. The summed E-state index contributed by atoms with van der Waals surface area (Å²) in [5, 5.41) is 0. The second-order valence-corrected chi connectivity index (χ2v) is 6.60. The van der Waals surface area contributed by atoms with Gasteiger partial charge in [0.05, 0.1) is 16.9 Å². The highest BCUT2D eigenvalue weighted by Crippen LogP contribution is 2.49. The smallest absolute Gasteiger partial charge is 0.0554 e. The molecule has 1 fully saturated rings. The highest BCUT2D eigenvalue weighted by molar-refractivity contribution is 9.10. The molecule has 0 saturated carbocycles. The van der Waals surface area contributed by atoms with Crippen LogP contribution in [0.4, 0.5) is 0 Å². The molecule has 17 heavy (non-hydrogen) atoms. The van der Waals surface area contributed by atoms with Crippen molar-refractivity contribution in [3.63, 3.8) is 0 Å². The van der Waals surface area contributed by atoms with E-state index in [9.17, 15) is 0 Å². The van der Waals surface area contributed by atoms with E-state index in [0.717, 1.165) is 30.7 Å². The van der Waals surface area contributed by atoms with Gasteiger partial charge in [-0.05, 0) is 24.1 Å². The van der Waals surface area contributed by atoms with Gasteiger partial charge in [-0.25, -0.2) is 0 Å². The molecule has 2 nitrogen and oxygen atoms in total. The van der Waals surface area contributed by atoms with Gasteiger partial charge in [0.2, 0.25) is 0 Å². The van der Waals surface area contributed by atoms with Gasteiger partial charge in [0.15, 0.2) is 0 Å². The number of nitrogens with zero attached hydrogens (tertiary/aromatic N) is 1. The van der Waals surface area contributed by atoms with Crippen LogP contribution in [0.1, 0.15) is 12.0 Å². The number of rotatable bonds is 1. The molecule has 0 spiro atoms. The molecular weight excluding hydrogens is 298 g/mol. The van der Waals surface area contributed by atoms with Gasteiger partial charge in [-0.1, -0.05) is 28.1 Å². The molecule has 2 heterocycles. The number of hydrogen-bond donors (Lipinski definition) is 0. The highest BCUT2D eigenvalue weighted by atomic mass is 79.9. The van der Waals surface area contributed by atoms with Crippen LogP contribution in [0.2, 0.25) is 0 Å². The number of halogens is 1. The summed E-state index contributed by atoms with van der Waals surface area (Å²) in [6.07, 6.45) is 1.07. The van der Waals surface area contributed by atoms with Crippen molar-refractivity contribution in [3.8, 4) is 0 Å². The SMILES string of the molecule is Brc1cccc([C@]23CCOCC2CN=CS3)c1. The van der Waals surface area contributed by atoms with Crippen LogP contribution < -0.4 is 0 Å². The normalized spacial score (nSPS) is 32.2. The maximum absolute atomic E-state index is 5.62. The molecule has 3 rings (SSSR count). The van der Waals surface area contributed by atoms with Crippen LogP contribution in [0.5, 0.6) is 0 Å². The van der Waals surface area contributed by atoms with Gasteiger partial charge in [0.1, 0.15) is 0 Å². The number of aliphatic imine (C=N–C) groups is 1. The van der Waals surface area contributed by atoms with Gasteiger partial charge in [-0.3, -0.25) is 4.99 Å². The van der Waals surface area contributed by atoms with Gasteiger partial charge in [-0.2, -0.15) is 0 Å². The van der Waals surface area contributed by atoms with E-state index >= 15 is 0 Å². The molecule has 90 valence electrons. The molecule has 4 heteroatoms. The summed E-state index contributed by atoms with van der Waals surface area (Å²) in [6.45, 7) is 2.57. The van der Waals surface area contributed by atoms with Crippen LogP contribution in [-0.2, 0) is 9.48 Å². The molecule has 2 aliphatic rings. The van der Waals surface area contributed by atoms with E-state index in [2.05, 4.69) is 45.2 Å². The van der Waals surface area contributed by atoms with E-state index in [1.807, 2.05) is 17.3 Å². The molecule has 1 aromatic rings. The fraction of sp³-hybridized carbons (Fsp3) is 0.462. The molecule has 0 aromatic heterocycles. The second-order valence-electron chi connectivity index (χ2n) is 4.51. The molecular formula is C13H14BrNOS. The summed E-state index contributed by atoms with van der Waals surface area (Å²) in [7, 11) is 0. The van der Waals surface area contributed by atoms with Crippen LogP contribution in [0.3, 0.4) is 0 Å². The molecule has 1 aromatic carbocycles. The Morgan fingerprint density at radius 2 is 2.41 bits per heavy atom. The average Bonchev–Trinajstić information content (AvgIpc) is 2.39. The van der Waals surface area contributed by atoms with Crippen LogP contribution in [-0.4, -0.2) is 25.3 Å². The quantitative estimate of drug-likeness (QED) is 0.792. The third kappa shape index (κ3) is 2.07. The number of thioether (sulfide) groups is 1. The van der Waals surface area contributed by atoms with E-state index in [1.165, 1.54) is 5.56 Å². The second kappa shape index (κ2) is 4.75. The molecule has 0 radical (unpaired) electrons. The lowest BCUT2D eigenvalue weighted by atomic mass is 9.81. The van der Waals surface area contributed by atoms with Gasteiger partial charge in [0.25, 0.3) is 0 Å². The fourth-order valence-corrected chi connectivity index (χ4v) is 4.19. The molecule has 0 aliphatic carbocycles. The predicted octanol–water partition coefficient (Wildman–Crippen LogP) is 3.46. The summed E-state index contributed by atoms with van der Waals surface area (Å²) in [5.41, 5.74) is 3.42. The first-order chi connectivity index (χ1) is 8.31. The number of hydrogen-bond acceptors (Lipinski definition) is 3. The fourth-order valence-electron chi connectivity index (χ4n) is 2.64.